The molecule has 1 saturated carbocycles. The van der Waals surface area contributed by atoms with Crippen molar-refractivity contribution < 1.29 is 4.74 Å². The Bertz CT molecular complexity index is 424. The molecule has 0 spiro atoms. The highest BCUT2D eigenvalue weighted by Crippen LogP contribution is 2.18. The summed E-state index contributed by atoms with van der Waals surface area (Å²) in [4.78, 5) is 4.16. The van der Waals surface area contributed by atoms with Crippen LogP contribution in [0.15, 0.2) is 33.7 Å². The van der Waals surface area contributed by atoms with Crippen LogP contribution in [0.25, 0.3) is 0 Å². The van der Waals surface area contributed by atoms with Gasteiger partial charge in [-0.3, -0.25) is 4.99 Å². The highest BCUT2D eigenvalue weighted by atomic mass is 127. The van der Waals surface area contributed by atoms with Crippen molar-refractivity contribution in [3.05, 3.63) is 28.7 Å². The van der Waals surface area contributed by atoms with E-state index in [2.05, 4.69) is 31.6 Å². The van der Waals surface area contributed by atoms with E-state index in [0.717, 1.165) is 22.7 Å². The van der Waals surface area contributed by atoms with Gasteiger partial charge < -0.3 is 15.4 Å². The Morgan fingerprint density at radius 3 is 2.89 bits per heavy atom. The molecule has 0 atom stereocenters. The lowest BCUT2D eigenvalue weighted by Crippen LogP contribution is -2.40. The van der Waals surface area contributed by atoms with Crippen molar-refractivity contribution in [1.29, 1.82) is 0 Å². The number of aliphatic imine (C=N–C) groups is 1. The number of guanidine groups is 1. The van der Waals surface area contributed by atoms with E-state index in [1.807, 2.05) is 24.3 Å². The molecule has 1 fully saturated rings. The molecule has 106 valence electrons. The van der Waals surface area contributed by atoms with Gasteiger partial charge in [-0.1, -0.05) is 22.0 Å². The molecule has 2 rings (SSSR count). The summed E-state index contributed by atoms with van der Waals surface area (Å²) in [7, 11) is 1.78. The molecule has 0 aliphatic heterocycles. The zero-order valence-corrected chi connectivity index (χ0v) is 14.8. The van der Waals surface area contributed by atoms with Crippen LogP contribution in [0, 0.1) is 0 Å². The van der Waals surface area contributed by atoms with Crippen LogP contribution < -0.4 is 15.4 Å². The SMILES string of the molecule is CN=C(NCCOc1cccc(Br)c1)NC1CC1.I. The van der Waals surface area contributed by atoms with Gasteiger partial charge in [-0.25, -0.2) is 0 Å². The molecule has 0 radical (unpaired) electrons. The topological polar surface area (TPSA) is 45.7 Å². The number of hydrogen-bond acceptors (Lipinski definition) is 2. The summed E-state index contributed by atoms with van der Waals surface area (Å²) in [6, 6.07) is 8.45. The number of benzene rings is 1. The van der Waals surface area contributed by atoms with E-state index in [0.29, 0.717) is 12.6 Å². The third-order valence-corrected chi connectivity index (χ3v) is 3.09. The predicted molar refractivity (Wildman–Crippen MR) is 92.6 cm³/mol. The second kappa shape index (κ2) is 8.63. The van der Waals surface area contributed by atoms with Crippen molar-refractivity contribution in [3.8, 4) is 5.75 Å². The average molecular weight is 440 g/mol. The highest BCUT2D eigenvalue weighted by Gasteiger charge is 2.21. The number of nitrogens with one attached hydrogen (secondary N) is 2. The zero-order valence-electron chi connectivity index (χ0n) is 10.9. The van der Waals surface area contributed by atoms with Crippen molar-refractivity contribution in [2.24, 2.45) is 4.99 Å². The van der Waals surface area contributed by atoms with Crippen LogP contribution in [0.5, 0.6) is 5.75 Å². The molecule has 4 nitrogen and oxygen atoms in total. The number of nitrogens with zero attached hydrogens (tertiary/aromatic N) is 1. The summed E-state index contributed by atoms with van der Waals surface area (Å²) in [6.07, 6.45) is 2.49. The predicted octanol–water partition coefficient (Wildman–Crippen LogP) is 2.77. The van der Waals surface area contributed by atoms with E-state index in [4.69, 9.17) is 4.74 Å². The smallest absolute Gasteiger partial charge is 0.191 e. The van der Waals surface area contributed by atoms with E-state index in [9.17, 15) is 0 Å². The van der Waals surface area contributed by atoms with Gasteiger partial charge in [0.25, 0.3) is 0 Å². The largest absolute Gasteiger partial charge is 0.492 e. The quantitative estimate of drug-likeness (QED) is 0.321. The second-order valence-electron chi connectivity index (χ2n) is 4.22. The molecule has 1 aromatic carbocycles. The first kappa shape index (κ1) is 16.6. The molecular weight excluding hydrogens is 421 g/mol. The minimum absolute atomic E-state index is 0. The van der Waals surface area contributed by atoms with Crippen LogP contribution in [0.1, 0.15) is 12.8 Å². The molecule has 0 unspecified atom stereocenters. The fourth-order valence-corrected chi connectivity index (χ4v) is 1.89. The number of halogens is 2. The Labute approximate surface area is 139 Å². The standard InChI is InChI=1S/C13H18BrN3O.HI/c1-15-13(17-11-5-6-11)16-7-8-18-12-4-2-3-10(14)9-12;/h2-4,9,11H,5-8H2,1H3,(H2,15,16,17);1H. The number of hydrogen-bond donors (Lipinski definition) is 2. The van der Waals surface area contributed by atoms with Crippen LogP contribution in [0.4, 0.5) is 0 Å². The van der Waals surface area contributed by atoms with E-state index in [-0.39, 0.29) is 24.0 Å². The lowest BCUT2D eigenvalue weighted by molar-refractivity contribution is 0.321. The molecular formula is C13H19BrIN3O. The van der Waals surface area contributed by atoms with Gasteiger partial charge in [0.05, 0.1) is 6.54 Å². The van der Waals surface area contributed by atoms with Crippen molar-refractivity contribution in [2.75, 3.05) is 20.2 Å². The molecule has 0 saturated heterocycles. The van der Waals surface area contributed by atoms with Crippen molar-refractivity contribution in [3.63, 3.8) is 0 Å². The van der Waals surface area contributed by atoms with Crippen LogP contribution >= 0.6 is 39.9 Å². The molecule has 0 bridgehead atoms. The first-order valence-corrected chi connectivity index (χ1v) is 6.93. The highest BCUT2D eigenvalue weighted by molar-refractivity contribution is 14.0. The van der Waals surface area contributed by atoms with E-state index >= 15 is 0 Å². The minimum Gasteiger partial charge on any atom is -0.492 e. The first-order chi connectivity index (χ1) is 8.78. The van der Waals surface area contributed by atoms with Crippen molar-refractivity contribution in [1.82, 2.24) is 10.6 Å². The summed E-state index contributed by atoms with van der Waals surface area (Å²) >= 11 is 3.41. The van der Waals surface area contributed by atoms with Gasteiger partial charge in [-0.2, -0.15) is 0 Å². The Kier molecular flexibility index (Phi) is 7.52. The summed E-state index contributed by atoms with van der Waals surface area (Å²) in [5, 5.41) is 6.55. The maximum atomic E-state index is 5.63. The van der Waals surface area contributed by atoms with Crippen molar-refractivity contribution >= 4 is 45.9 Å². The van der Waals surface area contributed by atoms with Crippen LogP contribution in [-0.4, -0.2) is 32.2 Å². The third-order valence-electron chi connectivity index (χ3n) is 2.60. The molecule has 6 heteroatoms. The van der Waals surface area contributed by atoms with Crippen molar-refractivity contribution in [2.45, 2.75) is 18.9 Å². The van der Waals surface area contributed by atoms with Gasteiger partial charge in [0, 0.05) is 17.6 Å². The number of ether oxygens (including phenoxy) is 1. The van der Waals surface area contributed by atoms with Gasteiger partial charge in [-0.15, -0.1) is 24.0 Å². The summed E-state index contributed by atoms with van der Waals surface area (Å²) < 4.78 is 6.65. The Hall–Kier alpha value is -0.500. The zero-order chi connectivity index (χ0) is 12.8. The minimum atomic E-state index is 0. The monoisotopic (exact) mass is 439 g/mol. The second-order valence-corrected chi connectivity index (χ2v) is 5.14. The number of rotatable bonds is 5. The Balaban J connectivity index is 0.00000180. The van der Waals surface area contributed by atoms with Crippen LogP contribution in [0.2, 0.25) is 0 Å². The van der Waals surface area contributed by atoms with Gasteiger partial charge in [0.2, 0.25) is 0 Å². The average Bonchev–Trinajstić information content (AvgIpc) is 3.17. The van der Waals surface area contributed by atoms with Crippen LogP contribution in [-0.2, 0) is 0 Å². The molecule has 1 aliphatic rings. The summed E-state index contributed by atoms with van der Waals surface area (Å²) in [6.45, 7) is 1.35. The molecule has 19 heavy (non-hydrogen) atoms. The lowest BCUT2D eigenvalue weighted by atomic mass is 10.3. The Morgan fingerprint density at radius 2 is 2.26 bits per heavy atom. The molecule has 2 N–H and O–H groups in total. The Morgan fingerprint density at radius 1 is 1.47 bits per heavy atom. The molecule has 1 aliphatic carbocycles. The molecule has 0 amide bonds. The van der Waals surface area contributed by atoms with Gasteiger partial charge in [0.15, 0.2) is 5.96 Å². The molecule has 1 aromatic rings. The van der Waals surface area contributed by atoms with E-state index in [1.54, 1.807) is 7.05 Å². The molecule has 0 heterocycles. The van der Waals surface area contributed by atoms with E-state index in [1.165, 1.54) is 12.8 Å². The summed E-state index contributed by atoms with van der Waals surface area (Å²) in [5.74, 6) is 1.73. The fourth-order valence-electron chi connectivity index (χ4n) is 1.51. The lowest BCUT2D eigenvalue weighted by Gasteiger charge is -2.11. The van der Waals surface area contributed by atoms with Crippen LogP contribution in [0.3, 0.4) is 0 Å². The van der Waals surface area contributed by atoms with E-state index < -0.39 is 0 Å². The van der Waals surface area contributed by atoms with Gasteiger partial charge >= 0.3 is 0 Å². The normalized spacial score (nSPS) is 14.5. The van der Waals surface area contributed by atoms with Gasteiger partial charge in [-0.05, 0) is 31.0 Å². The maximum Gasteiger partial charge on any atom is 0.191 e. The maximum absolute atomic E-state index is 5.63. The summed E-state index contributed by atoms with van der Waals surface area (Å²) in [5.41, 5.74) is 0. The first-order valence-electron chi connectivity index (χ1n) is 6.13. The fraction of sp³-hybridized carbons (Fsp3) is 0.462. The molecule has 0 aromatic heterocycles. The third kappa shape index (κ3) is 6.47. The van der Waals surface area contributed by atoms with Gasteiger partial charge in [0.1, 0.15) is 12.4 Å².